The SMILES string of the molecule is O=C(Cn1nnc(-c2ccccc2)n1)NNC(=O)Cn1c(C(F)(F)F)nc2ccccc21. The zero-order valence-corrected chi connectivity index (χ0v) is 16.2. The highest BCUT2D eigenvalue weighted by Gasteiger charge is 2.38. The average Bonchev–Trinajstić information content (AvgIpc) is 3.38. The first-order valence-electron chi connectivity index (χ1n) is 9.24. The molecule has 0 saturated carbocycles. The maximum absolute atomic E-state index is 13.3. The summed E-state index contributed by atoms with van der Waals surface area (Å²) in [6.45, 7) is -1.06. The van der Waals surface area contributed by atoms with Crippen molar-refractivity contribution in [3.8, 4) is 11.4 Å². The first-order valence-corrected chi connectivity index (χ1v) is 9.24. The minimum atomic E-state index is -4.75. The van der Waals surface area contributed by atoms with Crippen LogP contribution in [0.5, 0.6) is 0 Å². The van der Waals surface area contributed by atoms with Gasteiger partial charge >= 0.3 is 6.18 Å². The molecular weight excluding hydrogens is 429 g/mol. The van der Waals surface area contributed by atoms with Gasteiger partial charge in [0.25, 0.3) is 11.8 Å². The zero-order chi connectivity index (χ0) is 22.7. The van der Waals surface area contributed by atoms with E-state index < -0.39 is 30.4 Å². The number of hydrazine groups is 1. The topological polar surface area (TPSA) is 120 Å². The summed E-state index contributed by atoms with van der Waals surface area (Å²) in [7, 11) is 0. The number of nitrogens with one attached hydrogen (secondary N) is 2. The number of tetrazole rings is 1. The van der Waals surface area contributed by atoms with Gasteiger partial charge in [-0.1, -0.05) is 42.5 Å². The van der Waals surface area contributed by atoms with Crippen LogP contribution in [-0.4, -0.2) is 41.6 Å². The minimum Gasteiger partial charge on any atom is -0.311 e. The van der Waals surface area contributed by atoms with Crippen molar-refractivity contribution >= 4 is 22.8 Å². The number of nitrogens with zero attached hydrogens (tertiary/aromatic N) is 6. The summed E-state index contributed by atoms with van der Waals surface area (Å²) in [4.78, 5) is 28.8. The molecule has 2 N–H and O–H groups in total. The Hall–Kier alpha value is -4.29. The number of imidazole rings is 1. The van der Waals surface area contributed by atoms with Gasteiger partial charge in [-0.25, -0.2) is 4.98 Å². The van der Waals surface area contributed by atoms with E-state index in [2.05, 4.69) is 31.2 Å². The lowest BCUT2D eigenvalue weighted by Gasteiger charge is -2.12. The summed E-state index contributed by atoms with van der Waals surface area (Å²) in [6, 6.07) is 14.9. The molecular formula is C19H15F3N8O2. The summed E-state index contributed by atoms with van der Waals surface area (Å²) in [5.41, 5.74) is 5.14. The average molecular weight is 444 g/mol. The largest absolute Gasteiger partial charge is 0.449 e. The number of hydrogen-bond donors (Lipinski definition) is 2. The molecule has 0 aliphatic rings. The number of rotatable bonds is 5. The number of fused-ring (bicyclic) bond motifs is 1. The molecule has 10 nitrogen and oxygen atoms in total. The lowest BCUT2D eigenvalue weighted by molar-refractivity contribution is -0.147. The Morgan fingerprint density at radius 2 is 1.56 bits per heavy atom. The van der Waals surface area contributed by atoms with Crippen LogP contribution in [0.25, 0.3) is 22.4 Å². The third-order valence-corrected chi connectivity index (χ3v) is 4.32. The van der Waals surface area contributed by atoms with E-state index in [9.17, 15) is 22.8 Å². The summed E-state index contributed by atoms with van der Waals surface area (Å²) in [6.07, 6.45) is -4.75. The number of carbonyl (C=O) groups excluding carboxylic acids is 2. The second-order valence-electron chi connectivity index (χ2n) is 6.61. The highest BCUT2D eigenvalue weighted by Crippen LogP contribution is 2.31. The molecule has 164 valence electrons. The van der Waals surface area contributed by atoms with E-state index in [0.717, 1.165) is 9.36 Å². The molecule has 0 unspecified atom stereocenters. The highest BCUT2D eigenvalue weighted by atomic mass is 19.4. The van der Waals surface area contributed by atoms with Crippen molar-refractivity contribution in [1.82, 2.24) is 40.6 Å². The monoisotopic (exact) mass is 444 g/mol. The van der Waals surface area contributed by atoms with Gasteiger partial charge in [-0.05, 0) is 17.3 Å². The Morgan fingerprint density at radius 1 is 0.906 bits per heavy atom. The van der Waals surface area contributed by atoms with Crippen LogP contribution in [-0.2, 0) is 28.9 Å². The highest BCUT2D eigenvalue weighted by molar-refractivity contribution is 5.83. The summed E-state index contributed by atoms with van der Waals surface area (Å²) >= 11 is 0. The van der Waals surface area contributed by atoms with Gasteiger partial charge in [0.2, 0.25) is 11.6 Å². The maximum atomic E-state index is 13.3. The molecule has 2 amide bonds. The standard InChI is InChI=1S/C19H15F3N8O2/c20-19(21,22)18-23-13-8-4-5-9-14(13)29(18)10-15(31)24-25-16(32)11-30-27-17(26-28-30)12-6-2-1-3-7-12/h1-9H,10-11H2,(H,24,31)(H,25,32). The van der Waals surface area contributed by atoms with E-state index in [1.54, 1.807) is 30.3 Å². The van der Waals surface area contributed by atoms with Crippen LogP contribution < -0.4 is 10.9 Å². The second kappa shape index (κ2) is 8.45. The number of amides is 2. The molecule has 0 saturated heterocycles. The maximum Gasteiger partial charge on any atom is 0.449 e. The van der Waals surface area contributed by atoms with Gasteiger partial charge in [-0.3, -0.25) is 20.4 Å². The van der Waals surface area contributed by atoms with Gasteiger partial charge in [-0.15, -0.1) is 10.2 Å². The Balaban J connectivity index is 1.38. The van der Waals surface area contributed by atoms with E-state index in [-0.39, 0.29) is 17.6 Å². The molecule has 0 aliphatic heterocycles. The molecule has 0 aliphatic carbocycles. The second-order valence-corrected chi connectivity index (χ2v) is 6.61. The first-order chi connectivity index (χ1) is 15.3. The molecule has 0 bridgehead atoms. The molecule has 13 heteroatoms. The van der Waals surface area contributed by atoms with E-state index >= 15 is 0 Å². The third-order valence-electron chi connectivity index (χ3n) is 4.32. The van der Waals surface area contributed by atoms with Crippen LogP contribution in [0.2, 0.25) is 0 Å². The van der Waals surface area contributed by atoms with Crippen LogP contribution in [0.15, 0.2) is 54.6 Å². The first kappa shape index (κ1) is 21.0. The molecule has 0 fully saturated rings. The van der Waals surface area contributed by atoms with Gasteiger partial charge < -0.3 is 4.57 Å². The van der Waals surface area contributed by atoms with Crippen molar-refractivity contribution in [3.63, 3.8) is 0 Å². The van der Waals surface area contributed by atoms with Crippen molar-refractivity contribution in [1.29, 1.82) is 0 Å². The molecule has 4 aromatic rings. The van der Waals surface area contributed by atoms with Gasteiger partial charge in [0.15, 0.2) is 0 Å². The number of para-hydroxylation sites is 2. The van der Waals surface area contributed by atoms with Gasteiger partial charge in [0.1, 0.15) is 13.1 Å². The summed E-state index contributed by atoms with van der Waals surface area (Å²) in [5.74, 6) is -2.46. The lowest BCUT2D eigenvalue weighted by Crippen LogP contribution is -2.45. The zero-order valence-electron chi connectivity index (χ0n) is 16.2. The Kier molecular flexibility index (Phi) is 5.54. The van der Waals surface area contributed by atoms with E-state index in [1.165, 1.54) is 18.2 Å². The smallest absolute Gasteiger partial charge is 0.311 e. The predicted molar refractivity (Wildman–Crippen MR) is 104 cm³/mol. The molecule has 2 heterocycles. The molecule has 2 aromatic heterocycles. The fourth-order valence-corrected chi connectivity index (χ4v) is 2.96. The van der Waals surface area contributed by atoms with Crippen LogP contribution in [0.4, 0.5) is 13.2 Å². The fraction of sp³-hybridized carbons (Fsp3) is 0.158. The van der Waals surface area contributed by atoms with E-state index in [1.807, 2.05) is 6.07 Å². The molecule has 0 radical (unpaired) electrons. The Bertz CT molecular complexity index is 1270. The van der Waals surface area contributed by atoms with Crippen LogP contribution in [0.3, 0.4) is 0 Å². The van der Waals surface area contributed by atoms with Crippen molar-refractivity contribution in [2.24, 2.45) is 0 Å². The molecule has 4 rings (SSSR count). The molecule has 32 heavy (non-hydrogen) atoms. The third kappa shape index (κ3) is 4.55. The van der Waals surface area contributed by atoms with Gasteiger partial charge in [-0.2, -0.15) is 18.0 Å². The van der Waals surface area contributed by atoms with Gasteiger partial charge in [0, 0.05) is 5.56 Å². The minimum absolute atomic E-state index is 0.100. The molecule has 0 atom stereocenters. The number of aromatic nitrogens is 6. The Labute approximate surface area is 178 Å². The van der Waals surface area contributed by atoms with Crippen LogP contribution >= 0.6 is 0 Å². The molecule has 2 aromatic carbocycles. The Morgan fingerprint density at radius 3 is 2.28 bits per heavy atom. The fourth-order valence-electron chi connectivity index (χ4n) is 2.96. The summed E-state index contributed by atoms with van der Waals surface area (Å²) in [5, 5.41) is 11.7. The number of hydrogen-bond acceptors (Lipinski definition) is 6. The predicted octanol–water partition coefficient (Wildman–Crippen LogP) is 1.56. The van der Waals surface area contributed by atoms with Crippen LogP contribution in [0.1, 0.15) is 5.82 Å². The summed E-state index contributed by atoms with van der Waals surface area (Å²) < 4.78 is 40.7. The van der Waals surface area contributed by atoms with Crippen molar-refractivity contribution in [2.45, 2.75) is 19.3 Å². The number of alkyl halides is 3. The quantitative estimate of drug-likeness (QED) is 0.451. The van der Waals surface area contributed by atoms with E-state index in [0.29, 0.717) is 11.4 Å². The molecule has 0 spiro atoms. The van der Waals surface area contributed by atoms with E-state index in [4.69, 9.17) is 0 Å². The number of carbonyl (C=O) groups is 2. The van der Waals surface area contributed by atoms with Crippen molar-refractivity contribution in [2.75, 3.05) is 0 Å². The lowest BCUT2D eigenvalue weighted by atomic mass is 10.2. The van der Waals surface area contributed by atoms with Crippen molar-refractivity contribution < 1.29 is 22.8 Å². The van der Waals surface area contributed by atoms with Crippen LogP contribution in [0, 0.1) is 0 Å². The van der Waals surface area contributed by atoms with Crippen molar-refractivity contribution in [3.05, 3.63) is 60.4 Å². The van der Waals surface area contributed by atoms with Gasteiger partial charge in [0.05, 0.1) is 11.0 Å². The normalized spacial score (nSPS) is 11.5. The number of halogens is 3. The number of benzene rings is 2.